The highest BCUT2D eigenvalue weighted by molar-refractivity contribution is 5.80. The molecule has 1 amide bonds. The molecule has 0 aromatic heterocycles. The first-order valence-corrected chi connectivity index (χ1v) is 8.06. The average molecular weight is 352 g/mol. The molecule has 6 nitrogen and oxygen atoms in total. The normalized spacial score (nSPS) is 9.88. The van der Waals surface area contributed by atoms with Crippen molar-refractivity contribution >= 4 is 11.9 Å². The van der Waals surface area contributed by atoms with Crippen LogP contribution >= 0.6 is 0 Å². The summed E-state index contributed by atoms with van der Waals surface area (Å²) >= 11 is 0. The third kappa shape index (κ3) is 5.64. The number of carbonyl (C=O) groups is 2. The molecule has 0 aliphatic rings. The summed E-state index contributed by atoms with van der Waals surface area (Å²) in [5.41, 5.74) is 2.64. The summed E-state index contributed by atoms with van der Waals surface area (Å²) in [5, 5.41) is 8.72. The largest absolute Gasteiger partial charge is 0.482 e. The van der Waals surface area contributed by atoms with E-state index in [0.717, 1.165) is 11.1 Å². The number of hydrogen-bond acceptors (Lipinski definition) is 5. The van der Waals surface area contributed by atoms with E-state index in [1.54, 1.807) is 31.3 Å². The van der Waals surface area contributed by atoms with E-state index in [1.807, 2.05) is 37.3 Å². The molecule has 2 aromatic carbocycles. The second-order valence-electron chi connectivity index (χ2n) is 5.76. The number of benzene rings is 2. The lowest BCUT2D eigenvalue weighted by molar-refractivity contribution is -0.153. The minimum Gasteiger partial charge on any atom is -0.482 e. The van der Waals surface area contributed by atoms with Gasteiger partial charge in [0, 0.05) is 13.6 Å². The van der Waals surface area contributed by atoms with Gasteiger partial charge in [0.05, 0.1) is 11.6 Å². The third-order valence-electron chi connectivity index (χ3n) is 3.79. The Morgan fingerprint density at radius 2 is 1.77 bits per heavy atom. The fraction of sp³-hybridized carbons (Fsp3) is 0.250. The van der Waals surface area contributed by atoms with Crippen molar-refractivity contribution in [2.75, 3.05) is 20.3 Å². The number of ether oxygens (including phenoxy) is 2. The highest BCUT2D eigenvalue weighted by atomic mass is 16.6. The third-order valence-corrected chi connectivity index (χ3v) is 3.79. The lowest BCUT2D eigenvalue weighted by Gasteiger charge is -2.18. The predicted octanol–water partition coefficient (Wildman–Crippen LogP) is 2.45. The van der Waals surface area contributed by atoms with E-state index in [2.05, 4.69) is 0 Å². The fourth-order valence-corrected chi connectivity index (χ4v) is 2.19. The molecular formula is C20H20N2O4. The van der Waals surface area contributed by atoms with Crippen LogP contribution in [0.5, 0.6) is 5.75 Å². The summed E-state index contributed by atoms with van der Waals surface area (Å²) in [6.45, 7) is 1.79. The van der Waals surface area contributed by atoms with Gasteiger partial charge in [0.2, 0.25) is 0 Å². The van der Waals surface area contributed by atoms with Gasteiger partial charge in [0.25, 0.3) is 5.91 Å². The van der Waals surface area contributed by atoms with Gasteiger partial charge in [0.1, 0.15) is 5.75 Å². The SMILES string of the molecule is Cc1ccccc1CN(C)C(=O)COC(=O)COc1ccc(C#N)cc1. The Balaban J connectivity index is 1.74. The van der Waals surface area contributed by atoms with Crippen molar-refractivity contribution in [3.63, 3.8) is 0 Å². The molecule has 0 atom stereocenters. The fourth-order valence-electron chi connectivity index (χ4n) is 2.19. The Morgan fingerprint density at radius 1 is 1.08 bits per heavy atom. The van der Waals surface area contributed by atoms with Gasteiger partial charge in [-0.2, -0.15) is 5.26 Å². The molecule has 0 spiro atoms. The van der Waals surface area contributed by atoms with Gasteiger partial charge in [-0.15, -0.1) is 0 Å². The zero-order chi connectivity index (χ0) is 18.9. The average Bonchev–Trinajstić information content (AvgIpc) is 2.66. The molecule has 0 bridgehead atoms. The number of likely N-dealkylation sites (N-methyl/N-ethyl adjacent to an activating group) is 1. The quantitative estimate of drug-likeness (QED) is 0.715. The summed E-state index contributed by atoms with van der Waals surface area (Å²) < 4.78 is 10.2. The van der Waals surface area contributed by atoms with E-state index in [1.165, 1.54) is 4.90 Å². The first-order valence-electron chi connectivity index (χ1n) is 8.06. The van der Waals surface area contributed by atoms with Gasteiger partial charge in [-0.05, 0) is 42.3 Å². The van der Waals surface area contributed by atoms with Crippen LogP contribution in [-0.4, -0.2) is 37.0 Å². The molecular weight excluding hydrogens is 332 g/mol. The van der Waals surface area contributed by atoms with Gasteiger partial charge < -0.3 is 14.4 Å². The Hall–Kier alpha value is -3.33. The van der Waals surface area contributed by atoms with Crippen molar-refractivity contribution < 1.29 is 19.1 Å². The Bertz CT molecular complexity index is 809. The number of carbonyl (C=O) groups excluding carboxylic acids is 2. The van der Waals surface area contributed by atoms with Crippen molar-refractivity contribution in [3.8, 4) is 11.8 Å². The number of amides is 1. The maximum atomic E-state index is 12.1. The van der Waals surface area contributed by atoms with Gasteiger partial charge in [-0.25, -0.2) is 4.79 Å². The number of hydrogen-bond donors (Lipinski definition) is 0. The molecule has 26 heavy (non-hydrogen) atoms. The minimum atomic E-state index is -0.632. The topological polar surface area (TPSA) is 79.6 Å². The molecule has 0 heterocycles. The molecule has 0 N–H and O–H groups in total. The van der Waals surface area contributed by atoms with Crippen molar-refractivity contribution in [3.05, 3.63) is 65.2 Å². The number of aryl methyl sites for hydroxylation is 1. The Morgan fingerprint density at radius 3 is 2.42 bits per heavy atom. The molecule has 2 aromatic rings. The minimum absolute atomic E-state index is 0.292. The predicted molar refractivity (Wildman–Crippen MR) is 95.3 cm³/mol. The van der Waals surface area contributed by atoms with Crippen LogP contribution in [0, 0.1) is 18.3 Å². The van der Waals surface area contributed by atoms with Crippen LogP contribution in [0.2, 0.25) is 0 Å². The molecule has 0 radical (unpaired) electrons. The standard InChI is InChI=1S/C20H20N2O4/c1-15-5-3-4-6-17(15)12-22(2)19(23)13-26-20(24)14-25-18-9-7-16(11-21)8-10-18/h3-10H,12-14H2,1-2H3. The van der Waals surface area contributed by atoms with Gasteiger partial charge in [-0.3, -0.25) is 4.79 Å². The molecule has 0 aliphatic carbocycles. The summed E-state index contributed by atoms with van der Waals surface area (Å²) in [7, 11) is 1.66. The van der Waals surface area contributed by atoms with E-state index in [4.69, 9.17) is 14.7 Å². The zero-order valence-electron chi connectivity index (χ0n) is 14.8. The van der Waals surface area contributed by atoms with E-state index in [9.17, 15) is 9.59 Å². The Kier molecular flexibility index (Phi) is 6.75. The summed E-state index contributed by atoms with van der Waals surface area (Å²) in [6.07, 6.45) is 0. The van der Waals surface area contributed by atoms with Crippen LogP contribution in [0.3, 0.4) is 0 Å². The lowest BCUT2D eigenvalue weighted by Crippen LogP contribution is -2.31. The second kappa shape index (κ2) is 9.23. The zero-order valence-corrected chi connectivity index (χ0v) is 14.8. The highest BCUT2D eigenvalue weighted by Gasteiger charge is 2.13. The smallest absolute Gasteiger partial charge is 0.344 e. The molecule has 0 saturated carbocycles. The molecule has 0 fully saturated rings. The summed E-state index contributed by atoms with van der Waals surface area (Å²) in [4.78, 5) is 25.3. The molecule has 0 saturated heterocycles. The number of nitriles is 1. The van der Waals surface area contributed by atoms with E-state index in [-0.39, 0.29) is 19.1 Å². The van der Waals surface area contributed by atoms with Crippen LogP contribution in [-0.2, 0) is 20.9 Å². The van der Waals surface area contributed by atoms with Crippen LogP contribution in [0.25, 0.3) is 0 Å². The molecule has 2 rings (SSSR count). The van der Waals surface area contributed by atoms with Gasteiger partial charge in [-0.1, -0.05) is 24.3 Å². The van der Waals surface area contributed by atoms with E-state index in [0.29, 0.717) is 17.9 Å². The van der Waals surface area contributed by atoms with Gasteiger partial charge >= 0.3 is 5.97 Å². The van der Waals surface area contributed by atoms with Crippen LogP contribution in [0.1, 0.15) is 16.7 Å². The Labute approximate surface area is 152 Å². The first kappa shape index (κ1) is 19.0. The summed E-state index contributed by atoms with van der Waals surface area (Å²) in [6, 6.07) is 16.1. The van der Waals surface area contributed by atoms with Gasteiger partial charge in [0.15, 0.2) is 13.2 Å². The molecule has 6 heteroatoms. The van der Waals surface area contributed by atoms with Crippen molar-refractivity contribution in [2.24, 2.45) is 0 Å². The van der Waals surface area contributed by atoms with Crippen molar-refractivity contribution in [1.29, 1.82) is 5.26 Å². The van der Waals surface area contributed by atoms with Crippen molar-refractivity contribution in [1.82, 2.24) is 4.90 Å². The highest BCUT2D eigenvalue weighted by Crippen LogP contribution is 2.12. The number of esters is 1. The molecule has 0 unspecified atom stereocenters. The van der Waals surface area contributed by atoms with Crippen molar-refractivity contribution in [2.45, 2.75) is 13.5 Å². The molecule has 134 valence electrons. The first-order chi connectivity index (χ1) is 12.5. The number of nitrogens with zero attached hydrogens (tertiary/aromatic N) is 2. The van der Waals surface area contributed by atoms with Crippen LogP contribution in [0.4, 0.5) is 0 Å². The lowest BCUT2D eigenvalue weighted by atomic mass is 10.1. The summed E-state index contributed by atoms with van der Waals surface area (Å²) in [5.74, 6) is -0.476. The maximum absolute atomic E-state index is 12.1. The van der Waals surface area contributed by atoms with Crippen LogP contribution in [0.15, 0.2) is 48.5 Å². The second-order valence-corrected chi connectivity index (χ2v) is 5.76. The van der Waals surface area contributed by atoms with E-state index < -0.39 is 5.97 Å². The molecule has 0 aliphatic heterocycles. The van der Waals surface area contributed by atoms with E-state index >= 15 is 0 Å². The number of rotatable bonds is 7. The monoisotopic (exact) mass is 352 g/mol. The van der Waals surface area contributed by atoms with Crippen LogP contribution < -0.4 is 4.74 Å². The maximum Gasteiger partial charge on any atom is 0.344 e.